The van der Waals surface area contributed by atoms with Crippen LogP contribution in [0.25, 0.3) is 0 Å². The highest BCUT2D eigenvalue weighted by Crippen LogP contribution is 2.33. The third-order valence-electron chi connectivity index (χ3n) is 6.24. The van der Waals surface area contributed by atoms with E-state index in [9.17, 15) is 0 Å². The van der Waals surface area contributed by atoms with Crippen LogP contribution >= 0.6 is 24.0 Å². The van der Waals surface area contributed by atoms with Gasteiger partial charge in [0.05, 0.1) is 25.9 Å². The molecule has 2 aromatic rings. The number of nitrogens with one attached hydrogen (secondary N) is 2. The molecule has 0 spiro atoms. The molecule has 4 rings (SSSR count). The first-order valence-corrected chi connectivity index (χ1v) is 11.9. The summed E-state index contributed by atoms with van der Waals surface area (Å²) in [7, 11) is 0. The zero-order chi connectivity index (χ0) is 22.0. The highest BCUT2D eigenvalue weighted by Gasteiger charge is 2.29. The van der Waals surface area contributed by atoms with Crippen molar-refractivity contribution in [2.45, 2.75) is 32.5 Å². The first kappa shape index (κ1) is 25.9. The molecule has 2 aliphatic heterocycles. The standard InChI is InChI=1S/C26H36N4O2.HI/c1-2-27-26(29-19-23-12-15-32-25(23)21-8-4-3-5-9-21)28-18-22-10-6-7-11-24(22)20-30-13-16-31-17-14-30;/h3-11,23,25H,2,12-20H2,1H3,(H2,27,28,29);1H. The summed E-state index contributed by atoms with van der Waals surface area (Å²) in [5.41, 5.74) is 3.89. The van der Waals surface area contributed by atoms with E-state index < -0.39 is 0 Å². The van der Waals surface area contributed by atoms with Crippen molar-refractivity contribution < 1.29 is 9.47 Å². The van der Waals surface area contributed by atoms with Crippen LogP contribution in [0.1, 0.15) is 36.1 Å². The molecule has 0 amide bonds. The number of guanidine groups is 1. The third-order valence-corrected chi connectivity index (χ3v) is 6.24. The van der Waals surface area contributed by atoms with Gasteiger partial charge in [0.2, 0.25) is 0 Å². The van der Waals surface area contributed by atoms with Crippen LogP contribution < -0.4 is 10.6 Å². The van der Waals surface area contributed by atoms with Crippen molar-refractivity contribution >= 4 is 29.9 Å². The van der Waals surface area contributed by atoms with Gasteiger partial charge in [0.15, 0.2) is 5.96 Å². The topological polar surface area (TPSA) is 58.1 Å². The molecule has 6 nitrogen and oxygen atoms in total. The summed E-state index contributed by atoms with van der Waals surface area (Å²) in [6.07, 6.45) is 1.22. The van der Waals surface area contributed by atoms with Crippen molar-refractivity contribution in [1.82, 2.24) is 15.5 Å². The van der Waals surface area contributed by atoms with Crippen molar-refractivity contribution in [3.8, 4) is 0 Å². The van der Waals surface area contributed by atoms with Crippen LogP contribution in [-0.4, -0.2) is 56.9 Å². The zero-order valence-electron chi connectivity index (χ0n) is 19.5. The van der Waals surface area contributed by atoms with Gasteiger partial charge in [-0.15, -0.1) is 24.0 Å². The van der Waals surface area contributed by atoms with E-state index in [1.165, 1.54) is 16.7 Å². The van der Waals surface area contributed by atoms with E-state index in [2.05, 4.69) is 77.1 Å². The number of rotatable bonds is 8. The maximum Gasteiger partial charge on any atom is 0.191 e. The van der Waals surface area contributed by atoms with Crippen LogP contribution in [0.4, 0.5) is 0 Å². The Bertz CT molecular complexity index is 858. The second-order valence-electron chi connectivity index (χ2n) is 8.48. The molecule has 180 valence electrons. The molecule has 2 aliphatic rings. The Hall–Kier alpha value is -1.68. The Morgan fingerprint density at radius 2 is 1.70 bits per heavy atom. The van der Waals surface area contributed by atoms with Crippen LogP contribution in [0.3, 0.4) is 0 Å². The number of nitrogens with zero attached hydrogens (tertiary/aromatic N) is 2. The lowest BCUT2D eigenvalue weighted by atomic mass is 9.95. The number of aliphatic imine (C=N–C) groups is 1. The number of morpholine rings is 1. The van der Waals surface area contributed by atoms with E-state index in [0.29, 0.717) is 12.5 Å². The molecule has 2 aromatic carbocycles. The Balaban J connectivity index is 0.00000306. The van der Waals surface area contributed by atoms with E-state index in [0.717, 1.165) is 64.9 Å². The van der Waals surface area contributed by atoms with Gasteiger partial charge in [0.1, 0.15) is 0 Å². The van der Waals surface area contributed by atoms with Crippen LogP contribution in [-0.2, 0) is 22.6 Å². The van der Waals surface area contributed by atoms with E-state index in [1.807, 2.05) is 0 Å². The maximum absolute atomic E-state index is 6.05. The molecule has 0 bridgehead atoms. The fourth-order valence-corrected chi connectivity index (χ4v) is 4.45. The van der Waals surface area contributed by atoms with Crippen molar-refractivity contribution in [2.75, 3.05) is 46.0 Å². The minimum atomic E-state index is 0. The van der Waals surface area contributed by atoms with E-state index >= 15 is 0 Å². The Morgan fingerprint density at radius 3 is 2.45 bits per heavy atom. The van der Waals surface area contributed by atoms with Crippen molar-refractivity contribution in [2.24, 2.45) is 10.9 Å². The average Bonchev–Trinajstić information content (AvgIpc) is 3.32. The lowest BCUT2D eigenvalue weighted by Gasteiger charge is -2.27. The highest BCUT2D eigenvalue weighted by atomic mass is 127. The Labute approximate surface area is 215 Å². The maximum atomic E-state index is 6.05. The minimum absolute atomic E-state index is 0. The molecule has 0 saturated carbocycles. The van der Waals surface area contributed by atoms with Crippen molar-refractivity contribution in [3.05, 3.63) is 71.3 Å². The van der Waals surface area contributed by atoms with Gasteiger partial charge in [-0.1, -0.05) is 54.6 Å². The normalized spacial score (nSPS) is 21.4. The smallest absolute Gasteiger partial charge is 0.191 e. The number of halogens is 1. The number of ether oxygens (including phenoxy) is 2. The molecular weight excluding hydrogens is 527 g/mol. The molecule has 0 aliphatic carbocycles. The van der Waals surface area contributed by atoms with Gasteiger partial charge in [-0.25, -0.2) is 4.99 Å². The van der Waals surface area contributed by atoms with E-state index in [4.69, 9.17) is 14.5 Å². The van der Waals surface area contributed by atoms with Crippen LogP contribution in [0, 0.1) is 5.92 Å². The van der Waals surface area contributed by atoms with Gasteiger partial charge in [-0.05, 0) is 30.0 Å². The van der Waals surface area contributed by atoms with Gasteiger partial charge < -0.3 is 20.1 Å². The summed E-state index contributed by atoms with van der Waals surface area (Å²) >= 11 is 0. The predicted molar refractivity (Wildman–Crippen MR) is 144 cm³/mol. The molecule has 0 aromatic heterocycles. The monoisotopic (exact) mass is 564 g/mol. The Morgan fingerprint density at radius 1 is 0.970 bits per heavy atom. The first-order valence-electron chi connectivity index (χ1n) is 11.9. The Kier molecular flexibility index (Phi) is 10.9. The van der Waals surface area contributed by atoms with Crippen LogP contribution in [0.15, 0.2) is 59.6 Å². The summed E-state index contributed by atoms with van der Waals surface area (Å²) in [4.78, 5) is 7.36. The number of hydrogen-bond acceptors (Lipinski definition) is 4. The highest BCUT2D eigenvalue weighted by molar-refractivity contribution is 14.0. The predicted octanol–water partition coefficient (Wildman–Crippen LogP) is 3.97. The molecule has 2 fully saturated rings. The molecular formula is C26H37IN4O2. The second kappa shape index (κ2) is 13.9. The summed E-state index contributed by atoms with van der Waals surface area (Å²) in [5, 5.41) is 6.97. The third kappa shape index (κ3) is 7.67. The lowest BCUT2D eigenvalue weighted by Crippen LogP contribution is -2.40. The largest absolute Gasteiger partial charge is 0.379 e. The molecule has 2 atom stereocenters. The molecule has 2 heterocycles. The van der Waals surface area contributed by atoms with Crippen molar-refractivity contribution in [1.29, 1.82) is 0 Å². The molecule has 2 saturated heterocycles. The summed E-state index contributed by atoms with van der Waals surface area (Å²) in [6.45, 7) is 9.86. The molecule has 33 heavy (non-hydrogen) atoms. The molecule has 7 heteroatoms. The number of benzene rings is 2. The quantitative estimate of drug-likeness (QED) is 0.289. The van der Waals surface area contributed by atoms with Gasteiger partial charge >= 0.3 is 0 Å². The lowest BCUT2D eigenvalue weighted by molar-refractivity contribution is 0.0341. The average molecular weight is 565 g/mol. The minimum Gasteiger partial charge on any atom is -0.379 e. The van der Waals surface area contributed by atoms with Gasteiger partial charge in [-0.2, -0.15) is 0 Å². The summed E-state index contributed by atoms with van der Waals surface area (Å²) < 4.78 is 11.5. The van der Waals surface area contributed by atoms with Crippen LogP contribution in [0.5, 0.6) is 0 Å². The van der Waals surface area contributed by atoms with Gasteiger partial charge in [-0.3, -0.25) is 4.90 Å². The summed E-state index contributed by atoms with van der Waals surface area (Å²) in [5.74, 6) is 1.31. The SMILES string of the molecule is CCNC(=NCc1ccccc1CN1CCOCC1)NCC1CCOC1c1ccccc1.I. The molecule has 2 unspecified atom stereocenters. The van der Waals surface area contributed by atoms with E-state index in [1.54, 1.807) is 0 Å². The van der Waals surface area contributed by atoms with Gasteiger partial charge in [0.25, 0.3) is 0 Å². The fourth-order valence-electron chi connectivity index (χ4n) is 4.45. The molecule has 2 N–H and O–H groups in total. The second-order valence-corrected chi connectivity index (χ2v) is 8.48. The number of hydrogen-bond donors (Lipinski definition) is 2. The molecule has 0 radical (unpaired) electrons. The van der Waals surface area contributed by atoms with Crippen LogP contribution in [0.2, 0.25) is 0 Å². The first-order chi connectivity index (χ1) is 15.8. The van der Waals surface area contributed by atoms with Gasteiger partial charge in [0, 0.05) is 45.2 Å². The fraction of sp³-hybridized carbons (Fsp3) is 0.500. The van der Waals surface area contributed by atoms with Crippen molar-refractivity contribution in [3.63, 3.8) is 0 Å². The summed E-state index contributed by atoms with van der Waals surface area (Å²) in [6, 6.07) is 19.2. The van der Waals surface area contributed by atoms with E-state index in [-0.39, 0.29) is 30.1 Å². The zero-order valence-corrected chi connectivity index (χ0v) is 21.9.